The number of rotatable bonds is 8. The molecule has 0 saturated carbocycles. The van der Waals surface area contributed by atoms with Gasteiger partial charge >= 0.3 is 54.8 Å². The predicted octanol–water partition coefficient (Wildman–Crippen LogP) is 0.611. The molecule has 0 unspecified atom stereocenters. The number of hydrogen-bond donors (Lipinski definition) is 0. The second-order valence-corrected chi connectivity index (χ2v) is 13.3. The molecular weight excluding hydrogens is 436 g/mol. The van der Waals surface area contributed by atoms with Gasteiger partial charge in [0.15, 0.2) is 8.32 Å². The summed E-state index contributed by atoms with van der Waals surface area (Å²) in [5, 5.41) is 11.3. The quantitative estimate of drug-likeness (QED) is 0.412. The van der Waals surface area contributed by atoms with Gasteiger partial charge in [-0.25, -0.2) is 12.1 Å². The van der Waals surface area contributed by atoms with E-state index in [0.717, 1.165) is 19.3 Å². The van der Waals surface area contributed by atoms with Crippen LogP contribution in [0.4, 0.5) is 0 Å². The molecule has 0 spiro atoms. The molecule has 0 aliphatic carbocycles. The fraction of sp³-hybridized carbons (Fsp3) is 0.667. The zero-order chi connectivity index (χ0) is 20.9. The average molecular weight is 472 g/mol. The van der Waals surface area contributed by atoms with Crippen molar-refractivity contribution in [3.05, 3.63) is 42.1 Å². The number of hydrogen-bond acceptors (Lipinski definition) is 4. The summed E-state index contributed by atoms with van der Waals surface area (Å²) < 4.78 is 12.2. The Kier molecular flexibility index (Phi) is 28.6. The molecule has 0 bridgehead atoms. The largest absolute Gasteiger partial charge is 1.00 e. The molecule has 0 radical (unpaired) electrons. The Bertz CT molecular complexity index is 479. The van der Waals surface area contributed by atoms with Crippen LogP contribution in [0, 0.1) is 23.8 Å². The molecular formula is C21H36CuLi2NO2SSi. The predicted molar refractivity (Wildman–Crippen MR) is 114 cm³/mol. The molecule has 1 rings (SSSR count). The van der Waals surface area contributed by atoms with Crippen molar-refractivity contribution in [2.75, 3.05) is 7.11 Å². The molecule has 0 aliphatic heterocycles. The summed E-state index contributed by atoms with van der Waals surface area (Å²) in [6.07, 6.45) is 4.75. The zero-order valence-corrected chi connectivity index (χ0v) is 22.8. The van der Waals surface area contributed by atoms with Crippen LogP contribution in [0.1, 0.15) is 53.9 Å². The Balaban J connectivity index is -0.000000164. The SMILES string of the molecule is [C-]#N.[CH-]=C[C@@H](O[Si](C)(C)C(C)(C)C)[C@@](C)(CCCC)OC.[Cu+].[Li+].[Li+].[c-]1cccs1. The van der Waals surface area contributed by atoms with Gasteiger partial charge in [-0.3, -0.25) is 0 Å². The van der Waals surface area contributed by atoms with E-state index in [9.17, 15) is 0 Å². The minimum atomic E-state index is -1.85. The third-order valence-corrected chi connectivity index (χ3v) is 9.90. The van der Waals surface area contributed by atoms with Crippen LogP contribution >= 0.6 is 11.3 Å². The summed E-state index contributed by atoms with van der Waals surface area (Å²) in [7, 11) is -0.0943. The third kappa shape index (κ3) is 16.1. The first-order valence-electron chi connectivity index (χ1n) is 8.94. The summed E-state index contributed by atoms with van der Waals surface area (Å²) in [6.45, 7) is 26.1. The molecule has 0 N–H and O–H groups in total. The topological polar surface area (TPSA) is 42.2 Å². The summed E-state index contributed by atoms with van der Waals surface area (Å²) in [5.74, 6) is 0. The molecule has 0 fully saturated rings. The second-order valence-electron chi connectivity index (χ2n) is 7.84. The standard InChI is InChI=1S/C16H33O2Si.C4H3S.CN.Cu.2Li/c1-10-12-13-16(6,17-7)14(11-2)18-19(8,9)15(3,4)5;1-2-4-5-3-1;1-2;;;/h2,11,14H,10,12-13H2,1,3-9H3;1-3H;;;;/q3*-1;3*+1/t14-,16-;;;;;/m1...../s1. The Hall–Kier alpha value is 0.781. The van der Waals surface area contributed by atoms with Crippen LogP contribution in [0.2, 0.25) is 18.1 Å². The van der Waals surface area contributed by atoms with Crippen LogP contribution in [0.15, 0.2) is 23.6 Å². The third-order valence-electron chi connectivity index (χ3n) is 4.88. The van der Waals surface area contributed by atoms with Crippen LogP contribution in [0.5, 0.6) is 0 Å². The van der Waals surface area contributed by atoms with E-state index in [2.05, 4.69) is 53.1 Å². The second kappa shape index (κ2) is 20.7. The van der Waals surface area contributed by atoms with Crippen molar-refractivity contribution in [2.24, 2.45) is 0 Å². The van der Waals surface area contributed by atoms with Gasteiger partial charge in [0, 0.05) is 7.11 Å². The minimum absolute atomic E-state index is 0. The Labute approximate surface area is 220 Å². The fourth-order valence-electron chi connectivity index (χ4n) is 1.95. The molecule has 29 heavy (non-hydrogen) atoms. The van der Waals surface area contributed by atoms with Gasteiger partial charge in [0.25, 0.3) is 0 Å². The van der Waals surface area contributed by atoms with E-state index in [0.29, 0.717) is 0 Å². The van der Waals surface area contributed by atoms with Gasteiger partial charge in [0.2, 0.25) is 0 Å². The molecule has 1 aromatic heterocycles. The van der Waals surface area contributed by atoms with Crippen molar-refractivity contribution in [3.8, 4) is 0 Å². The number of thiophene rings is 1. The molecule has 1 aromatic rings. The Morgan fingerprint density at radius 3 is 2.00 bits per heavy atom. The first-order chi connectivity index (χ1) is 12.0. The van der Waals surface area contributed by atoms with Crippen molar-refractivity contribution in [2.45, 2.75) is 83.7 Å². The molecule has 3 nitrogen and oxygen atoms in total. The van der Waals surface area contributed by atoms with E-state index in [1.54, 1.807) is 24.5 Å². The first-order valence-corrected chi connectivity index (χ1v) is 12.7. The first kappa shape index (κ1) is 40.2. The van der Waals surface area contributed by atoms with Gasteiger partial charge < -0.3 is 38.9 Å². The van der Waals surface area contributed by atoms with Crippen LogP contribution < -0.4 is 37.7 Å². The number of methoxy groups -OCH3 is 1. The van der Waals surface area contributed by atoms with Crippen LogP contribution in [-0.4, -0.2) is 27.1 Å². The molecule has 0 aliphatic rings. The van der Waals surface area contributed by atoms with E-state index in [1.807, 2.05) is 17.5 Å². The van der Waals surface area contributed by atoms with E-state index in [4.69, 9.17) is 27.6 Å². The van der Waals surface area contributed by atoms with E-state index in [-0.39, 0.29) is 71.5 Å². The van der Waals surface area contributed by atoms with Gasteiger partial charge in [-0.15, -0.1) is 5.38 Å². The summed E-state index contributed by atoms with van der Waals surface area (Å²) >= 11 is 1.59. The van der Waals surface area contributed by atoms with Gasteiger partial charge in [-0.05, 0) is 31.5 Å². The number of ether oxygens (including phenoxy) is 1. The molecule has 2 atom stereocenters. The van der Waals surface area contributed by atoms with Crippen LogP contribution in [-0.2, 0) is 26.2 Å². The summed E-state index contributed by atoms with van der Waals surface area (Å²) in [4.78, 5) is 0. The van der Waals surface area contributed by atoms with E-state index in [1.165, 1.54) is 0 Å². The van der Waals surface area contributed by atoms with Crippen LogP contribution in [0.25, 0.3) is 0 Å². The van der Waals surface area contributed by atoms with Crippen molar-refractivity contribution < 1.29 is 64.0 Å². The smallest absolute Gasteiger partial charge is 0.515 e. The van der Waals surface area contributed by atoms with Crippen molar-refractivity contribution in [3.63, 3.8) is 0 Å². The molecule has 8 heteroatoms. The summed E-state index contributed by atoms with van der Waals surface area (Å²) in [6, 6.07) is 3.86. The monoisotopic (exact) mass is 471 g/mol. The Morgan fingerprint density at radius 1 is 1.24 bits per heavy atom. The minimum Gasteiger partial charge on any atom is -0.515 e. The van der Waals surface area contributed by atoms with Crippen molar-refractivity contribution >= 4 is 19.7 Å². The molecule has 0 aromatic carbocycles. The van der Waals surface area contributed by atoms with Gasteiger partial charge in [0.05, 0.1) is 11.7 Å². The van der Waals surface area contributed by atoms with E-state index >= 15 is 0 Å². The van der Waals surface area contributed by atoms with Crippen LogP contribution in [0.3, 0.4) is 0 Å². The van der Waals surface area contributed by atoms with Crippen molar-refractivity contribution in [1.82, 2.24) is 0 Å². The molecule has 0 saturated heterocycles. The zero-order valence-electron chi connectivity index (χ0n) is 20.1. The van der Waals surface area contributed by atoms with Crippen molar-refractivity contribution in [1.29, 1.82) is 5.26 Å². The maximum Gasteiger partial charge on any atom is 1.00 e. The molecule has 1 heterocycles. The number of nitrogens with zero attached hydrogens (tertiary/aromatic N) is 1. The van der Waals surface area contributed by atoms with E-state index < -0.39 is 8.32 Å². The maximum atomic E-state index is 6.44. The van der Waals surface area contributed by atoms with Gasteiger partial charge in [-0.2, -0.15) is 11.4 Å². The van der Waals surface area contributed by atoms with Gasteiger partial charge in [0.1, 0.15) is 0 Å². The fourth-order valence-corrected chi connectivity index (χ4v) is 3.66. The Morgan fingerprint density at radius 2 is 1.76 bits per heavy atom. The average Bonchev–Trinajstić information content (AvgIpc) is 3.18. The summed E-state index contributed by atoms with van der Waals surface area (Å²) in [5.41, 5.74) is -0.333. The number of unbranched alkanes of at least 4 members (excludes halogenated alkanes) is 1. The molecule has 0 amide bonds. The van der Waals surface area contributed by atoms with Gasteiger partial charge in [-0.1, -0.05) is 40.5 Å². The normalized spacial score (nSPS) is 13.2. The maximum absolute atomic E-state index is 6.44. The molecule has 160 valence electrons.